The van der Waals surface area contributed by atoms with Gasteiger partial charge in [0, 0.05) is 14.1 Å². The van der Waals surface area contributed by atoms with E-state index in [0.717, 1.165) is 0 Å². The minimum absolute atomic E-state index is 0. The molecule has 0 saturated heterocycles. The monoisotopic (exact) mass is 340 g/mol. The Kier molecular flexibility index (Phi) is 12.5. The Morgan fingerprint density at radius 2 is 1.10 bits per heavy atom. The van der Waals surface area contributed by atoms with Crippen molar-refractivity contribution in [1.82, 2.24) is 29.5 Å². The van der Waals surface area contributed by atoms with Gasteiger partial charge in [-0.1, -0.05) is 0 Å². The number of rotatable bonds is 2. The standard InChI is InChI=1S/2C5H7N3O.2ClH.H2O/c2*1-4-6-5(3-9)8(2)7-4;;;/h2*3H,1-2H3;2*1H;1H2. The number of hydrogen-bond acceptors (Lipinski definition) is 6. The van der Waals surface area contributed by atoms with Crippen LogP contribution in [0.4, 0.5) is 0 Å². The van der Waals surface area contributed by atoms with Gasteiger partial charge in [-0.05, 0) is 13.8 Å². The lowest BCUT2D eigenvalue weighted by atomic mass is 10.7. The minimum Gasteiger partial charge on any atom is -0.412 e. The molecule has 0 amide bonds. The third kappa shape index (κ3) is 6.93. The number of nitrogens with zero attached hydrogens (tertiary/aromatic N) is 6. The van der Waals surface area contributed by atoms with Crippen molar-refractivity contribution in [2.45, 2.75) is 13.8 Å². The quantitative estimate of drug-likeness (QED) is 0.701. The predicted octanol–water partition coefficient (Wildman–Crippen LogP) is -0.109. The van der Waals surface area contributed by atoms with Crippen LogP contribution in [-0.4, -0.2) is 47.6 Å². The Hall–Kier alpha value is -1.84. The SMILES string of the molecule is Cc1nc(C=O)n(C)n1.Cc1nc(C=O)n(C)n1.Cl.Cl.O. The summed E-state index contributed by atoms with van der Waals surface area (Å²) >= 11 is 0. The first kappa shape index (κ1) is 24.2. The van der Waals surface area contributed by atoms with Crippen molar-refractivity contribution in [2.24, 2.45) is 14.1 Å². The van der Waals surface area contributed by atoms with Gasteiger partial charge in [-0.3, -0.25) is 9.59 Å². The predicted molar refractivity (Wildman–Crippen MR) is 80.4 cm³/mol. The number of aromatic nitrogens is 6. The van der Waals surface area contributed by atoms with Crippen molar-refractivity contribution in [3.8, 4) is 0 Å². The maximum Gasteiger partial charge on any atom is 0.191 e. The molecule has 0 fully saturated rings. The fourth-order valence-corrected chi connectivity index (χ4v) is 1.26. The molecule has 21 heavy (non-hydrogen) atoms. The van der Waals surface area contributed by atoms with Crippen LogP contribution < -0.4 is 0 Å². The molecular weight excluding hydrogens is 323 g/mol. The van der Waals surface area contributed by atoms with E-state index in [2.05, 4.69) is 20.2 Å². The average Bonchev–Trinajstić information content (AvgIpc) is 2.81. The summed E-state index contributed by atoms with van der Waals surface area (Å²) in [7, 11) is 3.37. The number of aryl methyl sites for hydroxylation is 4. The lowest BCUT2D eigenvalue weighted by Crippen LogP contribution is -1.96. The van der Waals surface area contributed by atoms with Crippen molar-refractivity contribution in [3.05, 3.63) is 23.3 Å². The van der Waals surface area contributed by atoms with Crippen LogP contribution in [0.3, 0.4) is 0 Å². The number of carbonyl (C=O) groups is 2. The first-order chi connectivity index (χ1) is 8.47. The Balaban J connectivity index is -0.000000270. The third-order valence-corrected chi connectivity index (χ3v) is 2.02. The molecule has 2 rings (SSSR count). The largest absolute Gasteiger partial charge is 0.412 e. The molecule has 0 aliphatic carbocycles. The van der Waals surface area contributed by atoms with Crippen molar-refractivity contribution in [3.63, 3.8) is 0 Å². The number of halogens is 2. The molecule has 9 nitrogen and oxygen atoms in total. The summed E-state index contributed by atoms with van der Waals surface area (Å²) in [4.78, 5) is 27.9. The van der Waals surface area contributed by atoms with E-state index in [1.165, 1.54) is 9.36 Å². The zero-order valence-electron chi connectivity index (χ0n) is 12.0. The highest BCUT2D eigenvalue weighted by Gasteiger charge is 1.99. The van der Waals surface area contributed by atoms with Crippen LogP contribution in [0, 0.1) is 13.8 Å². The van der Waals surface area contributed by atoms with E-state index in [4.69, 9.17) is 0 Å². The van der Waals surface area contributed by atoms with Gasteiger partial charge in [-0.15, -0.1) is 24.8 Å². The highest BCUT2D eigenvalue weighted by Crippen LogP contribution is 1.89. The van der Waals surface area contributed by atoms with Crippen LogP contribution in [-0.2, 0) is 14.1 Å². The van der Waals surface area contributed by atoms with Gasteiger partial charge in [0.15, 0.2) is 24.2 Å². The molecule has 0 spiro atoms. The second-order valence-electron chi connectivity index (χ2n) is 3.52. The molecule has 120 valence electrons. The Bertz CT molecular complexity index is 519. The van der Waals surface area contributed by atoms with Crippen LogP contribution >= 0.6 is 24.8 Å². The van der Waals surface area contributed by atoms with Gasteiger partial charge in [0.05, 0.1) is 0 Å². The molecule has 2 N–H and O–H groups in total. The van der Waals surface area contributed by atoms with E-state index >= 15 is 0 Å². The summed E-state index contributed by atoms with van der Waals surface area (Å²) in [5, 5.41) is 7.71. The number of carbonyl (C=O) groups excluding carboxylic acids is 2. The zero-order chi connectivity index (χ0) is 13.7. The molecule has 2 heterocycles. The normalized spacial score (nSPS) is 8.19. The Labute approximate surface area is 133 Å². The van der Waals surface area contributed by atoms with E-state index in [-0.39, 0.29) is 30.3 Å². The molecule has 0 aromatic carbocycles. The summed E-state index contributed by atoms with van der Waals surface area (Å²) in [5.41, 5.74) is 0. The van der Waals surface area contributed by atoms with E-state index in [0.29, 0.717) is 35.9 Å². The summed E-state index contributed by atoms with van der Waals surface area (Å²) in [5.74, 6) is 1.99. The molecule has 2 aromatic heterocycles. The molecule has 0 saturated carbocycles. The first-order valence-corrected chi connectivity index (χ1v) is 5.13. The van der Waals surface area contributed by atoms with E-state index < -0.39 is 0 Å². The fraction of sp³-hybridized carbons (Fsp3) is 0.400. The van der Waals surface area contributed by atoms with Crippen LogP contribution in [0.1, 0.15) is 32.9 Å². The van der Waals surface area contributed by atoms with Crippen molar-refractivity contribution >= 4 is 37.4 Å². The summed E-state index contributed by atoms with van der Waals surface area (Å²) in [6.07, 6.45) is 1.36. The highest BCUT2D eigenvalue weighted by atomic mass is 35.5. The number of aldehydes is 2. The molecule has 0 aliphatic rings. The third-order valence-electron chi connectivity index (χ3n) is 2.02. The molecule has 11 heteroatoms. The lowest BCUT2D eigenvalue weighted by Gasteiger charge is -1.84. The molecule has 0 unspecified atom stereocenters. The van der Waals surface area contributed by atoms with Crippen molar-refractivity contribution in [2.75, 3.05) is 0 Å². The van der Waals surface area contributed by atoms with Crippen molar-refractivity contribution < 1.29 is 15.1 Å². The number of hydrogen-bond donors (Lipinski definition) is 0. The summed E-state index contributed by atoms with van der Waals surface area (Å²) in [6, 6.07) is 0. The Morgan fingerprint density at radius 1 is 0.810 bits per heavy atom. The van der Waals surface area contributed by atoms with E-state index in [1.54, 1.807) is 27.9 Å². The second-order valence-corrected chi connectivity index (χ2v) is 3.52. The first-order valence-electron chi connectivity index (χ1n) is 5.13. The minimum atomic E-state index is 0. The molecule has 0 atom stereocenters. The molecule has 0 bridgehead atoms. The highest BCUT2D eigenvalue weighted by molar-refractivity contribution is 5.85. The Morgan fingerprint density at radius 3 is 1.19 bits per heavy atom. The van der Waals surface area contributed by atoms with Crippen LogP contribution in [0.5, 0.6) is 0 Å². The molecule has 0 aliphatic heterocycles. The summed E-state index contributed by atoms with van der Waals surface area (Å²) < 4.78 is 2.89. The van der Waals surface area contributed by atoms with E-state index in [9.17, 15) is 9.59 Å². The van der Waals surface area contributed by atoms with Gasteiger partial charge in [-0.25, -0.2) is 19.3 Å². The van der Waals surface area contributed by atoms with Gasteiger partial charge >= 0.3 is 0 Å². The van der Waals surface area contributed by atoms with Crippen LogP contribution in [0.2, 0.25) is 0 Å². The topological polar surface area (TPSA) is 127 Å². The zero-order valence-corrected chi connectivity index (χ0v) is 13.6. The lowest BCUT2D eigenvalue weighted by molar-refractivity contribution is 0.110. The molecular formula is C10H18Cl2N6O3. The van der Waals surface area contributed by atoms with Gasteiger partial charge in [0.2, 0.25) is 0 Å². The van der Waals surface area contributed by atoms with Gasteiger partial charge in [0.25, 0.3) is 0 Å². The van der Waals surface area contributed by atoms with Crippen molar-refractivity contribution in [1.29, 1.82) is 0 Å². The maximum absolute atomic E-state index is 10.1. The van der Waals surface area contributed by atoms with Gasteiger partial charge in [-0.2, -0.15) is 10.2 Å². The molecule has 2 aromatic rings. The smallest absolute Gasteiger partial charge is 0.191 e. The maximum atomic E-state index is 10.1. The van der Waals surface area contributed by atoms with Gasteiger partial charge in [0.1, 0.15) is 11.6 Å². The van der Waals surface area contributed by atoms with Crippen LogP contribution in [0.15, 0.2) is 0 Å². The summed E-state index contributed by atoms with van der Waals surface area (Å²) in [6.45, 7) is 3.49. The molecule has 0 radical (unpaired) electrons. The average molecular weight is 341 g/mol. The fourth-order valence-electron chi connectivity index (χ4n) is 1.26. The van der Waals surface area contributed by atoms with Gasteiger partial charge < -0.3 is 5.48 Å². The van der Waals surface area contributed by atoms with Crippen LogP contribution in [0.25, 0.3) is 0 Å². The van der Waals surface area contributed by atoms with E-state index in [1.807, 2.05) is 0 Å². The second kappa shape index (κ2) is 10.9.